The molecule has 0 saturated carbocycles. The molecule has 0 aliphatic rings. The van der Waals surface area contributed by atoms with E-state index in [0.29, 0.717) is 89.9 Å². The highest BCUT2D eigenvalue weighted by atomic mass is 19.5. The van der Waals surface area contributed by atoms with Gasteiger partial charge in [-0.15, -0.1) is 0 Å². The molecule has 0 heterocycles. The van der Waals surface area contributed by atoms with Gasteiger partial charge in [0.15, 0.2) is 0 Å². The molecule has 0 radical (unpaired) electrons. The Hall–Kier alpha value is -2.31. The second-order valence-corrected chi connectivity index (χ2v) is 45.2. The van der Waals surface area contributed by atoms with Crippen LogP contribution in [0, 0.1) is 135 Å². The molecule has 0 saturated heterocycles. The molecule has 0 aliphatic carbocycles. The molecule has 0 nitrogen and oxygen atoms in total. The van der Waals surface area contributed by atoms with Crippen molar-refractivity contribution in [2.24, 2.45) is 135 Å². The average Bonchev–Trinajstić information content (AvgIpc) is 0.757. The summed E-state index contributed by atoms with van der Waals surface area (Å²) in [5.74, 6) is -2.03. The van der Waals surface area contributed by atoms with Gasteiger partial charge in [-0.05, 0) is 185 Å². The first-order chi connectivity index (χ1) is 63.2. The standard InChI is InChI=1S/C13H25F3.2C12H23F3.2C11H21F3.C10H19F3.2C9H17F3.2C8H15F3.C7H13F3/c1-7-8-12(6,13(14,15)16)11(9(2)3)10(4)5;1-7-11(6,12(13,14)15)10(8(2)3)9(4)5;1-6-9-11(5,12(13,14)15)10(4,7-2)8-3;1-6-9(4,7-2)10(5,8-3)11(12,13)14;1-5-8-10(4,11(12,13)14)9(6-2)7-3;1-5-8(6-2)9(4,7-3)10(11,12)13;1-6(2)8(5,7(3)4)9(10,11)12;1-4-6-8(3,7-5-2)9(10,11)12;1-5-7(4,6(2)3)8(9,10)11;1-4-6-7(3,5-2)8(9,10)11;1-4-6(3,5-2)7(8,9)10/h9-11H,7-8H2,1-6H3;8-10H,7H2,1-6H3;6-9H2,1-5H3;6-8H2,1-5H3;9H,5-8H2,1-4H3;8H,5-7H2,1-4H3;6-7H,1-5H3;4-7H2,1-3H3;6H,5H2,1-4H3;4-6H2,1-3H3;4-5H2,1-3H3/t12-;2*11-;2*10-;9-;;;2*7-;/m000000..00./s1. The van der Waals surface area contributed by atoms with Crippen LogP contribution in [0.4, 0.5) is 145 Å². The maximum absolute atomic E-state index is 13.3. The molecule has 0 aliphatic heterocycles. The van der Waals surface area contributed by atoms with Gasteiger partial charge in [-0.3, -0.25) is 0 Å². The van der Waals surface area contributed by atoms with Crippen molar-refractivity contribution in [3.8, 4) is 0 Å². The zero-order valence-corrected chi connectivity index (χ0v) is 97.9. The van der Waals surface area contributed by atoms with Crippen LogP contribution in [0.2, 0.25) is 0 Å². The van der Waals surface area contributed by atoms with E-state index in [9.17, 15) is 145 Å². The Labute approximate surface area is 850 Å². The van der Waals surface area contributed by atoms with Gasteiger partial charge in [0.2, 0.25) is 0 Å². The van der Waals surface area contributed by atoms with E-state index in [2.05, 4.69) is 0 Å². The van der Waals surface area contributed by atoms with Crippen molar-refractivity contribution in [2.75, 3.05) is 0 Å². The lowest BCUT2D eigenvalue weighted by molar-refractivity contribution is -0.261. The van der Waals surface area contributed by atoms with Crippen molar-refractivity contribution in [3.63, 3.8) is 0 Å². The van der Waals surface area contributed by atoms with E-state index in [1.807, 2.05) is 132 Å². The third-order valence-corrected chi connectivity index (χ3v) is 34.7. The molecular formula is C110H209F33. The van der Waals surface area contributed by atoms with E-state index in [1.54, 1.807) is 125 Å². The average molecular weight is 2160 g/mol. The Morgan fingerprint density at radius 2 is 0.357 bits per heavy atom. The lowest BCUT2D eigenvalue weighted by Gasteiger charge is -2.47. The number of halogens is 33. The molecule has 0 bridgehead atoms. The molecule has 0 aromatic carbocycles. The third kappa shape index (κ3) is 46.9. The molecule has 8 atom stereocenters. The van der Waals surface area contributed by atoms with Crippen LogP contribution in [0.1, 0.15) is 506 Å². The lowest BCUT2D eigenvalue weighted by atomic mass is 9.60. The van der Waals surface area contributed by atoms with Crippen molar-refractivity contribution < 1.29 is 145 Å². The second-order valence-electron chi connectivity index (χ2n) is 45.2. The molecule has 0 N–H and O–H groups in total. The van der Waals surface area contributed by atoms with Gasteiger partial charge >= 0.3 is 67.9 Å². The van der Waals surface area contributed by atoms with Crippen LogP contribution in [0.15, 0.2) is 0 Å². The molecule has 0 rings (SSSR count). The van der Waals surface area contributed by atoms with Gasteiger partial charge in [0.25, 0.3) is 0 Å². The Kier molecular flexibility index (Phi) is 75.4. The van der Waals surface area contributed by atoms with Crippen LogP contribution in [-0.4, -0.2) is 67.9 Å². The quantitative estimate of drug-likeness (QED) is 0.0537. The van der Waals surface area contributed by atoms with Gasteiger partial charge in [0.05, 0.1) is 59.6 Å². The second kappa shape index (κ2) is 66.1. The summed E-state index contributed by atoms with van der Waals surface area (Å²) in [5.41, 5.74) is -18.0. The van der Waals surface area contributed by atoms with E-state index in [4.69, 9.17) is 0 Å². The van der Waals surface area contributed by atoms with Crippen LogP contribution < -0.4 is 0 Å². The molecule has 0 aromatic rings. The Morgan fingerprint density at radius 1 is 0.154 bits per heavy atom. The highest BCUT2D eigenvalue weighted by molar-refractivity contribution is 4.99. The lowest BCUT2D eigenvalue weighted by Crippen LogP contribution is -2.48. The third-order valence-electron chi connectivity index (χ3n) is 34.7. The fraction of sp³-hybridized carbons (Fsp3) is 1.00. The van der Waals surface area contributed by atoms with Crippen LogP contribution >= 0.6 is 0 Å². The summed E-state index contributed by atoms with van der Waals surface area (Å²) >= 11 is 0. The van der Waals surface area contributed by atoms with E-state index in [-0.39, 0.29) is 149 Å². The summed E-state index contributed by atoms with van der Waals surface area (Å²) < 4.78 is 420. The summed E-state index contributed by atoms with van der Waals surface area (Å²) in [6.45, 7) is 79.6. The van der Waals surface area contributed by atoms with Gasteiger partial charge in [0.1, 0.15) is 0 Å². The van der Waals surface area contributed by atoms with Crippen molar-refractivity contribution in [3.05, 3.63) is 0 Å². The summed E-state index contributed by atoms with van der Waals surface area (Å²) in [4.78, 5) is 0. The van der Waals surface area contributed by atoms with E-state index < -0.39 is 138 Å². The highest BCUT2D eigenvalue weighted by Crippen LogP contribution is 2.61. The van der Waals surface area contributed by atoms with Gasteiger partial charge in [0, 0.05) is 0 Å². The van der Waals surface area contributed by atoms with Gasteiger partial charge < -0.3 is 0 Å². The molecule has 143 heavy (non-hydrogen) atoms. The zero-order chi connectivity index (χ0) is 118. The Balaban J connectivity index is -0.000000149. The van der Waals surface area contributed by atoms with Crippen LogP contribution in [-0.2, 0) is 0 Å². The molecule has 880 valence electrons. The Morgan fingerprint density at radius 3 is 0.462 bits per heavy atom. The topological polar surface area (TPSA) is 0 Å². The highest BCUT2D eigenvalue weighted by Gasteiger charge is 2.64. The van der Waals surface area contributed by atoms with E-state index in [0.717, 1.165) is 0 Å². The van der Waals surface area contributed by atoms with Crippen LogP contribution in [0.5, 0.6) is 0 Å². The van der Waals surface area contributed by atoms with E-state index in [1.165, 1.54) is 76.2 Å². The Bertz CT molecular complexity index is 3060. The van der Waals surface area contributed by atoms with Crippen LogP contribution in [0.3, 0.4) is 0 Å². The monoisotopic (exact) mass is 2160 g/mol. The summed E-state index contributed by atoms with van der Waals surface area (Å²) in [6.07, 6.45) is -34.2. The van der Waals surface area contributed by atoms with Gasteiger partial charge in [-0.25, -0.2) is 0 Å². The number of alkyl halides is 33. The number of rotatable bonds is 40. The van der Waals surface area contributed by atoms with Crippen molar-refractivity contribution in [1.82, 2.24) is 0 Å². The van der Waals surface area contributed by atoms with Gasteiger partial charge in [-0.2, -0.15) is 145 Å². The molecule has 0 unspecified atom stereocenters. The first-order valence-corrected chi connectivity index (χ1v) is 52.9. The zero-order valence-electron chi connectivity index (χ0n) is 97.9. The maximum atomic E-state index is 13.3. The van der Waals surface area contributed by atoms with Crippen LogP contribution in [0.25, 0.3) is 0 Å². The first-order valence-electron chi connectivity index (χ1n) is 52.9. The molecular weight excluding hydrogens is 1950 g/mol. The first kappa shape index (κ1) is 163. The molecule has 0 fully saturated rings. The number of hydrogen-bond donors (Lipinski definition) is 0. The normalized spacial score (nSPS) is 16.8. The minimum atomic E-state index is -4.11. The predicted octanol–water partition coefficient (Wildman–Crippen LogP) is 48.1. The molecule has 0 spiro atoms. The minimum absolute atomic E-state index is 0.0524. The fourth-order valence-corrected chi connectivity index (χ4v) is 20.1. The van der Waals surface area contributed by atoms with Crippen molar-refractivity contribution >= 4 is 0 Å². The predicted molar refractivity (Wildman–Crippen MR) is 534 cm³/mol. The SMILES string of the molecule is CC(C)C(C)(C(C)C)C(F)(F)F.CCC(C)(CC)C(F)(F)F.CCC(C)(CC)[C@](C)(CC)C(F)(F)F.CCC(CC)[C@](C)(CC)C(F)(F)F.CCCC(C)(CCC)C(F)(F)F.CCC[C@@](C)(C(C(C)C)C(C)C)C(F)(F)F.CCC[C@@](C)(C(CC)CC)C(F)(F)F.CCC[C@](C)(C(F)(F)F)C(C)(CC)CC.CCC[C@](C)(CC)C(F)(F)F.CC[C@@](C)(C(C(C)C)C(C)C)C(F)(F)F.CC[C@@](C)(C(C)C)C(F)(F)F. The van der Waals surface area contributed by atoms with Gasteiger partial charge in [-0.1, -0.05) is 397 Å². The molecule has 33 heteroatoms. The van der Waals surface area contributed by atoms with E-state index >= 15 is 0 Å². The largest absolute Gasteiger partial charge is 0.394 e. The minimum Gasteiger partial charge on any atom is -0.171 e. The maximum Gasteiger partial charge on any atom is 0.394 e. The summed E-state index contributed by atoms with van der Waals surface area (Å²) in [5, 5.41) is 0. The molecule has 0 aromatic heterocycles. The smallest absolute Gasteiger partial charge is 0.171 e. The summed E-state index contributed by atoms with van der Waals surface area (Å²) in [7, 11) is 0. The molecule has 0 amide bonds. The van der Waals surface area contributed by atoms with Crippen molar-refractivity contribution in [2.45, 2.75) is 574 Å². The summed E-state index contributed by atoms with van der Waals surface area (Å²) in [6, 6.07) is 0. The van der Waals surface area contributed by atoms with Crippen molar-refractivity contribution in [1.29, 1.82) is 0 Å². The number of hydrogen-bond acceptors (Lipinski definition) is 0. The fourth-order valence-electron chi connectivity index (χ4n) is 20.1.